The number of carbonyl (C=O) groups is 2. The van der Waals surface area contributed by atoms with Gasteiger partial charge in [0.05, 0.1) is 19.1 Å². The Labute approximate surface area is 102 Å². The van der Waals surface area contributed by atoms with E-state index in [1.165, 1.54) is 4.90 Å². The van der Waals surface area contributed by atoms with Crippen molar-refractivity contribution < 1.29 is 14.3 Å². The van der Waals surface area contributed by atoms with Crippen LogP contribution in [-0.2, 0) is 14.3 Å². The molecule has 6 heteroatoms. The molecule has 1 aliphatic rings. The number of methoxy groups -OCH3 is 1. The Hall–Kier alpha value is -1.14. The molecule has 1 heterocycles. The molecule has 1 rings (SSSR count). The van der Waals surface area contributed by atoms with Crippen molar-refractivity contribution in [2.45, 2.75) is 0 Å². The fourth-order valence-corrected chi connectivity index (χ4v) is 1.49. The molecule has 1 fully saturated rings. The van der Waals surface area contributed by atoms with Crippen LogP contribution in [0.3, 0.4) is 0 Å². The quantitative estimate of drug-likeness (QED) is 0.634. The third kappa shape index (κ3) is 3.98. The minimum absolute atomic E-state index is 0.0156. The number of hydrogen-bond donors (Lipinski definition) is 1. The van der Waals surface area contributed by atoms with Crippen LogP contribution in [0.25, 0.3) is 0 Å². The molecule has 0 atom stereocenters. The molecule has 1 N–H and O–H groups in total. The van der Waals surface area contributed by atoms with Crippen molar-refractivity contribution in [3.05, 3.63) is 0 Å². The summed E-state index contributed by atoms with van der Waals surface area (Å²) < 4.78 is 4.96. The maximum atomic E-state index is 12.0. The lowest BCUT2D eigenvalue weighted by Crippen LogP contribution is -2.54. The number of hydrogen-bond acceptors (Lipinski definition) is 4. The maximum absolute atomic E-state index is 12.0. The fourth-order valence-electron chi connectivity index (χ4n) is 1.49. The van der Waals surface area contributed by atoms with Gasteiger partial charge >= 0.3 is 0 Å². The van der Waals surface area contributed by atoms with Crippen molar-refractivity contribution in [1.29, 1.82) is 0 Å². The van der Waals surface area contributed by atoms with E-state index in [-0.39, 0.29) is 24.3 Å². The van der Waals surface area contributed by atoms with Crippen LogP contribution in [0.1, 0.15) is 0 Å². The molecule has 0 aliphatic carbocycles. The second kappa shape index (κ2) is 6.56. The summed E-state index contributed by atoms with van der Waals surface area (Å²) in [6.07, 6.45) is 0. The molecular formula is C11H21N3O3. The molecule has 6 nitrogen and oxygen atoms in total. The highest BCUT2D eigenvalue weighted by Gasteiger charge is 2.30. The summed E-state index contributed by atoms with van der Waals surface area (Å²) in [4.78, 5) is 26.7. The Morgan fingerprint density at radius 1 is 1.35 bits per heavy atom. The topological polar surface area (TPSA) is 61.9 Å². The van der Waals surface area contributed by atoms with Crippen molar-refractivity contribution in [2.75, 3.05) is 54.0 Å². The number of likely N-dealkylation sites (N-methyl/N-ethyl adjacent to an activating group) is 1. The minimum atomic E-state index is -0.0678. The molecule has 0 aromatic carbocycles. The third-order valence-electron chi connectivity index (χ3n) is 2.83. The highest BCUT2D eigenvalue weighted by Crippen LogP contribution is 2.08. The molecule has 1 aliphatic heterocycles. The first-order chi connectivity index (χ1) is 8.06. The van der Waals surface area contributed by atoms with Gasteiger partial charge in [0.1, 0.15) is 0 Å². The monoisotopic (exact) mass is 243 g/mol. The van der Waals surface area contributed by atoms with Gasteiger partial charge < -0.3 is 19.9 Å². The van der Waals surface area contributed by atoms with E-state index in [2.05, 4.69) is 5.32 Å². The van der Waals surface area contributed by atoms with Gasteiger partial charge in [0.2, 0.25) is 11.8 Å². The molecule has 17 heavy (non-hydrogen) atoms. The molecule has 0 radical (unpaired) electrons. The van der Waals surface area contributed by atoms with Gasteiger partial charge in [-0.1, -0.05) is 0 Å². The summed E-state index contributed by atoms with van der Waals surface area (Å²) in [5.74, 6) is -0.0143. The zero-order valence-electron chi connectivity index (χ0n) is 10.7. The zero-order chi connectivity index (χ0) is 12.8. The van der Waals surface area contributed by atoms with E-state index in [1.54, 1.807) is 26.1 Å². The van der Waals surface area contributed by atoms with E-state index in [1.807, 2.05) is 0 Å². The Bertz CT molecular complexity index is 277. The highest BCUT2D eigenvalue weighted by molar-refractivity contribution is 5.86. The maximum Gasteiger partial charge on any atom is 0.241 e. The van der Waals surface area contributed by atoms with Gasteiger partial charge in [0.15, 0.2) is 0 Å². The van der Waals surface area contributed by atoms with Gasteiger partial charge in [0, 0.05) is 40.8 Å². The summed E-state index contributed by atoms with van der Waals surface area (Å²) in [6.45, 7) is 2.46. The van der Waals surface area contributed by atoms with Crippen molar-refractivity contribution in [1.82, 2.24) is 15.1 Å². The molecule has 0 saturated carbocycles. The Kier molecular flexibility index (Phi) is 5.37. The summed E-state index contributed by atoms with van der Waals surface area (Å²) >= 11 is 0. The number of rotatable bonds is 6. The van der Waals surface area contributed by atoms with Gasteiger partial charge in [0.25, 0.3) is 0 Å². The molecule has 0 aromatic heterocycles. The summed E-state index contributed by atoms with van der Waals surface area (Å²) in [5.41, 5.74) is 0. The second-order valence-corrected chi connectivity index (χ2v) is 4.40. The smallest absolute Gasteiger partial charge is 0.241 e. The summed E-state index contributed by atoms with van der Waals surface area (Å²) in [6, 6.07) is 0. The highest BCUT2D eigenvalue weighted by atomic mass is 16.5. The summed E-state index contributed by atoms with van der Waals surface area (Å²) in [5, 5.41) is 3.06. The number of nitrogens with one attached hydrogen (secondary N) is 1. The molecule has 0 aromatic rings. The lowest BCUT2D eigenvalue weighted by Gasteiger charge is -2.32. The SMILES string of the molecule is COCCN(CC(=O)N(C)C)C(=O)C1CNC1. The minimum Gasteiger partial charge on any atom is -0.383 e. The van der Waals surface area contributed by atoms with Gasteiger partial charge in [-0.3, -0.25) is 9.59 Å². The molecular weight excluding hydrogens is 222 g/mol. The van der Waals surface area contributed by atoms with Crippen LogP contribution in [0.15, 0.2) is 0 Å². The van der Waals surface area contributed by atoms with E-state index in [0.717, 1.165) is 0 Å². The lowest BCUT2D eigenvalue weighted by atomic mass is 10.0. The van der Waals surface area contributed by atoms with Crippen LogP contribution in [0.5, 0.6) is 0 Å². The van der Waals surface area contributed by atoms with E-state index < -0.39 is 0 Å². The normalized spacial score (nSPS) is 15.2. The first-order valence-corrected chi connectivity index (χ1v) is 5.75. The molecule has 98 valence electrons. The molecule has 1 saturated heterocycles. The standard InChI is InChI=1S/C11H21N3O3/c1-13(2)10(15)8-14(4-5-17-3)11(16)9-6-12-7-9/h9,12H,4-8H2,1-3H3. The Morgan fingerprint density at radius 2 is 2.00 bits per heavy atom. The van der Waals surface area contributed by atoms with Crippen molar-refractivity contribution in [2.24, 2.45) is 5.92 Å². The predicted octanol–water partition coefficient (Wildman–Crippen LogP) is -1.23. The zero-order valence-corrected chi connectivity index (χ0v) is 10.7. The van der Waals surface area contributed by atoms with Gasteiger partial charge in [-0.15, -0.1) is 0 Å². The van der Waals surface area contributed by atoms with E-state index in [9.17, 15) is 9.59 Å². The summed E-state index contributed by atoms with van der Waals surface area (Å²) in [7, 11) is 4.96. The van der Waals surface area contributed by atoms with E-state index in [4.69, 9.17) is 4.74 Å². The molecule has 0 bridgehead atoms. The van der Waals surface area contributed by atoms with Crippen LogP contribution in [0.2, 0.25) is 0 Å². The van der Waals surface area contributed by atoms with Crippen LogP contribution < -0.4 is 5.32 Å². The third-order valence-corrected chi connectivity index (χ3v) is 2.83. The van der Waals surface area contributed by atoms with Crippen LogP contribution >= 0.6 is 0 Å². The second-order valence-electron chi connectivity index (χ2n) is 4.40. The molecule has 0 unspecified atom stereocenters. The molecule has 2 amide bonds. The van der Waals surface area contributed by atoms with E-state index in [0.29, 0.717) is 26.2 Å². The Morgan fingerprint density at radius 3 is 2.41 bits per heavy atom. The average molecular weight is 243 g/mol. The van der Waals surface area contributed by atoms with Crippen molar-refractivity contribution in [3.8, 4) is 0 Å². The largest absolute Gasteiger partial charge is 0.383 e. The van der Waals surface area contributed by atoms with Crippen LogP contribution in [-0.4, -0.2) is 75.6 Å². The number of amides is 2. The average Bonchev–Trinajstić information content (AvgIpc) is 2.20. The van der Waals surface area contributed by atoms with Crippen molar-refractivity contribution >= 4 is 11.8 Å². The van der Waals surface area contributed by atoms with Gasteiger partial charge in [-0.05, 0) is 0 Å². The van der Waals surface area contributed by atoms with Crippen LogP contribution in [0, 0.1) is 5.92 Å². The van der Waals surface area contributed by atoms with E-state index >= 15 is 0 Å². The number of nitrogens with zero attached hydrogens (tertiary/aromatic N) is 2. The first kappa shape index (κ1) is 13.9. The number of ether oxygens (including phenoxy) is 1. The van der Waals surface area contributed by atoms with Crippen molar-refractivity contribution in [3.63, 3.8) is 0 Å². The van der Waals surface area contributed by atoms with Gasteiger partial charge in [-0.2, -0.15) is 0 Å². The van der Waals surface area contributed by atoms with Gasteiger partial charge in [-0.25, -0.2) is 0 Å². The first-order valence-electron chi connectivity index (χ1n) is 5.75. The lowest BCUT2D eigenvalue weighted by molar-refractivity contribution is -0.143. The van der Waals surface area contributed by atoms with Crippen LogP contribution in [0.4, 0.5) is 0 Å². The Balaban J connectivity index is 2.52. The molecule has 0 spiro atoms. The predicted molar refractivity (Wildman–Crippen MR) is 63.5 cm³/mol. The number of carbonyl (C=O) groups excluding carboxylic acids is 2. The fraction of sp³-hybridized carbons (Fsp3) is 0.818.